The van der Waals surface area contributed by atoms with E-state index in [4.69, 9.17) is 11.6 Å². The molecule has 3 rings (SSSR count). The minimum absolute atomic E-state index is 0.0802. The Morgan fingerprint density at radius 1 is 1.00 bits per heavy atom. The normalized spacial score (nSPS) is 16.6. The number of nitrogens with zero attached hydrogens (tertiary/aromatic N) is 1. The largest absolute Gasteiger partial charge is 0.332 e. The van der Waals surface area contributed by atoms with Gasteiger partial charge in [-0.05, 0) is 50.6 Å². The van der Waals surface area contributed by atoms with Crippen LogP contribution >= 0.6 is 11.6 Å². The molecule has 20 heavy (non-hydrogen) atoms. The zero-order chi connectivity index (χ0) is 14.3. The highest BCUT2D eigenvalue weighted by molar-refractivity contribution is 6.30. The quantitative estimate of drug-likeness (QED) is 0.651. The van der Waals surface area contributed by atoms with E-state index in [0.717, 1.165) is 10.7 Å². The number of allylic oxidation sites excluding steroid dienone is 1. The average molecular weight is 284 g/mol. The summed E-state index contributed by atoms with van der Waals surface area (Å²) in [7, 11) is 0. The lowest BCUT2D eigenvalue weighted by molar-refractivity contribution is 0.623. The lowest BCUT2D eigenvalue weighted by atomic mass is 9.88. The van der Waals surface area contributed by atoms with E-state index < -0.39 is 0 Å². The molecule has 1 aliphatic heterocycles. The zero-order valence-electron chi connectivity index (χ0n) is 12.0. The van der Waals surface area contributed by atoms with Crippen LogP contribution in [0.15, 0.2) is 54.6 Å². The first kappa shape index (κ1) is 13.3. The maximum absolute atomic E-state index is 6.17. The van der Waals surface area contributed by atoms with Crippen molar-refractivity contribution in [2.45, 2.75) is 26.3 Å². The third kappa shape index (κ3) is 2.12. The van der Waals surface area contributed by atoms with Gasteiger partial charge >= 0.3 is 0 Å². The lowest BCUT2D eigenvalue weighted by Crippen LogP contribution is -2.41. The maximum Gasteiger partial charge on any atom is 0.0583 e. The third-order valence-electron chi connectivity index (χ3n) is 3.78. The molecule has 102 valence electrons. The highest BCUT2D eigenvalue weighted by atomic mass is 35.5. The summed E-state index contributed by atoms with van der Waals surface area (Å²) in [4.78, 5) is 2.35. The second-order valence-corrected chi connectivity index (χ2v) is 6.25. The van der Waals surface area contributed by atoms with Gasteiger partial charge in [-0.1, -0.05) is 41.9 Å². The zero-order valence-corrected chi connectivity index (χ0v) is 12.8. The monoisotopic (exact) mass is 283 g/mol. The second-order valence-electron chi connectivity index (χ2n) is 5.81. The number of fused-ring (bicyclic) bond motifs is 1. The number of hydrogen-bond donors (Lipinski definition) is 0. The van der Waals surface area contributed by atoms with Crippen molar-refractivity contribution in [1.29, 1.82) is 0 Å². The van der Waals surface area contributed by atoms with Gasteiger partial charge in [-0.3, -0.25) is 0 Å². The molecule has 2 aromatic carbocycles. The number of hydrogen-bond acceptors (Lipinski definition) is 1. The van der Waals surface area contributed by atoms with E-state index in [-0.39, 0.29) is 5.54 Å². The standard InChI is InChI=1S/C18H18ClN/c1-13-12-18(2,3)20(15-8-6-7-14(19)11-15)17-10-5-4-9-16(13)17/h4-12H,1-3H3. The number of para-hydroxylation sites is 1. The molecule has 2 heteroatoms. The molecule has 2 aromatic rings. The summed E-state index contributed by atoms with van der Waals surface area (Å²) in [5, 5.41) is 0.766. The van der Waals surface area contributed by atoms with Gasteiger partial charge in [-0.2, -0.15) is 0 Å². The molecule has 0 bridgehead atoms. The van der Waals surface area contributed by atoms with E-state index in [1.165, 1.54) is 16.8 Å². The molecule has 0 saturated heterocycles. The fraction of sp³-hybridized carbons (Fsp3) is 0.222. The molecule has 1 aliphatic rings. The lowest BCUT2D eigenvalue weighted by Gasteiger charge is -2.43. The van der Waals surface area contributed by atoms with Crippen molar-refractivity contribution in [1.82, 2.24) is 0 Å². The summed E-state index contributed by atoms with van der Waals surface area (Å²) in [6.07, 6.45) is 2.32. The van der Waals surface area contributed by atoms with E-state index in [1.807, 2.05) is 18.2 Å². The molecule has 0 fully saturated rings. The van der Waals surface area contributed by atoms with Gasteiger partial charge in [0.1, 0.15) is 0 Å². The highest BCUT2D eigenvalue weighted by Gasteiger charge is 2.32. The van der Waals surface area contributed by atoms with E-state index in [2.05, 4.69) is 62.1 Å². The highest BCUT2D eigenvalue weighted by Crippen LogP contribution is 2.43. The Labute approximate surface area is 125 Å². The molecule has 0 spiro atoms. The van der Waals surface area contributed by atoms with Crippen LogP contribution in [0.3, 0.4) is 0 Å². The fourth-order valence-corrected chi connectivity index (χ4v) is 3.26. The van der Waals surface area contributed by atoms with Gasteiger partial charge < -0.3 is 4.90 Å². The summed E-state index contributed by atoms with van der Waals surface area (Å²) in [5.41, 5.74) is 4.89. The molecule has 0 aliphatic carbocycles. The Bertz CT molecular complexity index is 685. The number of halogens is 1. The predicted octanol–water partition coefficient (Wildman–Crippen LogP) is 5.67. The van der Waals surface area contributed by atoms with E-state index >= 15 is 0 Å². The minimum Gasteiger partial charge on any atom is -0.332 e. The predicted molar refractivity (Wildman–Crippen MR) is 87.8 cm³/mol. The Kier molecular flexibility index (Phi) is 3.10. The molecule has 0 saturated carbocycles. The summed E-state index contributed by atoms with van der Waals surface area (Å²) >= 11 is 6.17. The Balaban J connectivity index is 2.23. The molecular formula is C18H18ClN. The molecule has 0 aromatic heterocycles. The van der Waals surface area contributed by atoms with Gasteiger partial charge in [-0.25, -0.2) is 0 Å². The molecule has 1 heterocycles. The third-order valence-corrected chi connectivity index (χ3v) is 4.02. The maximum atomic E-state index is 6.17. The van der Waals surface area contributed by atoms with Crippen molar-refractivity contribution < 1.29 is 0 Å². The first-order chi connectivity index (χ1) is 9.49. The summed E-state index contributed by atoms with van der Waals surface area (Å²) in [5.74, 6) is 0. The topological polar surface area (TPSA) is 3.24 Å². The van der Waals surface area contributed by atoms with Crippen LogP contribution in [-0.2, 0) is 0 Å². The van der Waals surface area contributed by atoms with E-state index in [1.54, 1.807) is 0 Å². The van der Waals surface area contributed by atoms with Crippen LogP contribution in [0.1, 0.15) is 26.3 Å². The van der Waals surface area contributed by atoms with Crippen LogP contribution in [0.2, 0.25) is 5.02 Å². The van der Waals surface area contributed by atoms with Gasteiger partial charge in [0.2, 0.25) is 0 Å². The van der Waals surface area contributed by atoms with Crippen LogP contribution in [0, 0.1) is 0 Å². The van der Waals surface area contributed by atoms with Gasteiger partial charge in [0, 0.05) is 22.0 Å². The van der Waals surface area contributed by atoms with Crippen LogP contribution < -0.4 is 4.90 Å². The number of rotatable bonds is 1. The number of anilines is 2. The molecular weight excluding hydrogens is 266 g/mol. The van der Waals surface area contributed by atoms with Crippen LogP contribution in [0.25, 0.3) is 5.57 Å². The molecule has 0 radical (unpaired) electrons. The molecule has 0 atom stereocenters. The van der Waals surface area contributed by atoms with Crippen molar-refractivity contribution in [3.05, 3.63) is 65.2 Å². The van der Waals surface area contributed by atoms with Crippen molar-refractivity contribution in [2.75, 3.05) is 4.90 Å². The van der Waals surface area contributed by atoms with Gasteiger partial charge in [-0.15, -0.1) is 0 Å². The first-order valence-corrected chi connectivity index (χ1v) is 7.21. The van der Waals surface area contributed by atoms with Crippen molar-refractivity contribution in [3.8, 4) is 0 Å². The molecule has 1 nitrogen and oxygen atoms in total. The Morgan fingerprint density at radius 3 is 2.50 bits per heavy atom. The summed E-state index contributed by atoms with van der Waals surface area (Å²) < 4.78 is 0. The molecule has 0 unspecified atom stereocenters. The Morgan fingerprint density at radius 2 is 1.75 bits per heavy atom. The van der Waals surface area contributed by atoms with Gasteiger partial charge in [0.15, 0.2) is 0 Å². The van der Waals surface area contributed by atoms with E-state index in [9.17, 15) is 0 Å². The van der Waals surface area contributed by atoms with Crippen LogP contribution in [0.4, 0.5) is 11.4 Å². The molecule has 0 amide bonds. The van der Waals surface area contributed by atoms with Crippen molar-refractivity contribution in [3.63, 3.8) is 0 Å². The summed E-state index contributed by atoms with van der Waals surface area (Å²) in [6, 6.07) is 16.6. The van der Waals surface area contributed by atoms with E-state index in [0.29, 0.717) is 0 Å². The minimum atomic E-state index is -0.0802. The fourth-order valence-electron chi connectivity index (χ4n) is 3.07. The van der Waals surface area contributed by atoms with Crippen molar-refractivity contribution >= 4 is 28.5 Å². The first-order valence-electron chi connectivity index (χ1n) is 6.84. The SMILES string of the molecule is CC1=CC(C)(C)N(c2cccc(Cl)c2)c2ccccc21. The Hall–Kier alpha value is -1.73. The van der Waals surface area contributed by atoms with Crippen LogP contribution in [-0.4, -0.2) is 5.54 Å². The smallest absolute Gasteiger partial charge is 0.0583 e. The van der Waals surface area contributed by atoms with Gasteiger partial charge in [0.25, 0.3) is 0 Å². The summed E-state index contributed by atoms with van der Waals surface area (Å²) in [6.45, 7) is 6.64. The average Bonchev–Trinajstić information content (AvgIpc) is 2.38. The van der Waals surface area contributed by atoms with Crippen LogP contribution in [0.5, 0.6) is 0 Å². The van der Waals surface area contributed by atoms with Crippen molar-refractivity contribution in [2.24, 2.45) is 0 Å². The second kappa shape index (κ2) is 4.68. The van der Waals surface area contributed by atoms with Gasteiger partial charge in [0.05, 0.1) is 5.54 Å². The number of benzene rings is 2. The molecule has 0 N–H and O–H groups in total.